The highest BCUT2D eigenvalue weighted by atomic mass is 32.2. The molecule has 2 rings (SSSR count). The molecular weight excluding hydrogens is 304 g/mol. The summed E-state index contributed by atoms with van der Waals surface area (Å²) in [7, 11) is -3.82. The lowest BCUT2D eigenvalue weighted by atomic mass is 10.3. The monoisotopic (exact) mass is 316 g/mol. The third-order valence-electron chi connectivity index (χ3n) is 2.51. The quantitative estimate of drug-likeness (QED) is 0.942. The van der Waals surface area contributed by atoms with Gasteiger partial charge in [0, 0.05) is 15.1 Å². The van der Waals surface area contributed by atoms with E-state index in [1.54, 1.807) is 19.9 Å². The number of carbonyl (C=O) groups excluding carboxylic acids is 1. The van der Waals surface area contributed by atoms with Gasteiger partial charge in [-0.3, -0.25) is 4.79 Å². The molecule has 1 amide bonds. The van der Waals surface area contributed by atoms with Crippen LogP contribution in [0.3, 0.4) is 0 Å². The summed E-state index contributed by atoms with van der Waals surface area (Å²) in [5.74, 6) is -0.644. The van der Waals surface area contributed by atoms with E-state index in [0.29, 0.717) is 10.6 Å². The average Bonchev–Trinajstić information content (AvgIpc) is 2.84. The third kappa shape index (κ3) is 2.85. The van der Waals surface area contributed by atoms with Crippen LogP contribution < -0.4 is 4.72 Å². The van der Waals surface area contributed by atoms with Crippen molar-refractivity contribution in [3.8, 4) is 0 Å². The van der Waals surface area contributed by atoms with Crippen LogP contribution >= 0.6 is 22.9 Å². The van der Waals surface area contributed by atoms with Gasteiger partial charge in [0.2, 0.25) is 0 Å². The SMILES string of the molecule is Cc1cc(S(=O)(=O)NC(=O)c2csnc2C)c(C)s1. The predicted octanol–water partition coefficient (Wildman–Crippen LogP) is 2.25. The van der Waals surface area contributed by atoms with Crippen molar-refractivity contribution in [2.45, 2.75) is 25.7 Å². The number of amides is 1. The molecule has 2 aromatic heterocycles. The van der Waals surface area contributed by atoms with Crippen LogP contribution in [0.15, 0.2) is 16.3 Å². The van der Waals surface area contributed by atoms with Gasteiger partial charge in [0.15, 0.2) is 0 Å². The molecule has 0 unspecified atom stereocenters. The molecule has 1 N–H and O–H groups in total. The Morgan fingerprint density at radius 3 is 2.47 bits per heavy atom. The first kappa shape index (κ1) is 14.2. The Bertz CT molecular complexity index is 728. The molecule has 0 spiro atoms. The Hall–Kier alpha value is -1.25. The summed E-state index contributed by atoms with van der Waals surface area (Å²) in [6.45, 7) is 5.21. The van der Waals surface area contributed by atoms with Gasteiger partial charge in [0.25, 0.3) is 15.9 Å². The second-order valence-corrected chi connectivity index (χ2v) is 7.77. The lowest BCUT2D eigenvalue weighted by molar-refractivity contribution is 0.0981. The zero-order valence-corrected chi connectivity index (χ0v) is 13.0. The maximum absolute atomic E-state index is 12.1. The molecule has 0 fully saturated rings. The summed E-state index contributed by atoms with van der Waals surface area (Å²) < 4.78 is 30.3. The Morgan fingerprint density at radius 2 is 2.00 bits per heavy atom. The van der Waals surface area contributed by atoms with Crippen LogP contribution in [-0.4, -0.2) is 18.7 Å². The minimum Gasteiger partial charge on any atom is -0.268 e. The highest BCUT2D eigenvalue weighted by Gasteiger charge is 2.23. The maximum atomic E-state index is 12.1. The fraction of sp³-hybridized carbons (Fsp3) is 0.273. The summed E-state index contributed by atoms with van der Waals surface area (Å²) in [5.41, 5.74) is 0.814. The minimum absolute atomic E-state index is 0.157. The van der Waals surface area contributed by atoms with Gasteiger partial charge in [-0.2, -0.15) is 4.37 Å². The number of carbonyl (C=O) groups is 1. The number of nitrogens with zero attached hydrogens (tertiary/aromatic N) is 1. The first-order chi connectivity index (χ1) is 8.81. The van der Waals surface area contributed by atoms with Crippen molar-refractivity contribution in [3.63, 3.8) is 0 Å². The zero-order valence-electron chi connectivity index (χ0n) is 10.6. The van der Waals surface area contributed by atoms with Gasteiger partial charge in [-0.15, -0.1) is 11.3 Å². The molecule has 0 aliphatic carbocycles. The average molecular weight is 316 g/mol. The summed E-state index contributed by atoms with van der Waals surface area (Å²) in [4.78, 5) is 13.6. The number of sulfonamides is 1. The second-order valence-electron chi connectivity index (χ2n) is 4.03. The number of thiophene rings is 1. The lowest BCUT2D eigenvalue weighted by Crippen LogP contribution is -2.30. The Labute approximate surface area is 119 Å². The van der Waals surface area contributed by atoms with Crippen molar-refractivity contribution in [3.05, 3.63) is 32.5 Å². The third-order valence-corrected chi connectivity index (χ3v) is 5.78. The Kier molecular flexibility index (Phi) is 3.75. The van der Waals surface area contributed by atoms with E-state index >= 15 is 0 Å². The van der Waals surface area contributed by atoms with E-state index in [9.17, 15) is 13.2 Å². The number of nitrogens with one attached hydrogen (secondary N) is 1. The second kappa shape index (κ2) is 5.03. The van der Waals surface area contributed by atoms with Crippen LogP contribution in [0.5, 0.6) is 0 Å². The highest BCUT2D eigenvalue weighted by molar-refractivity contribution is 7.90. The molecule has 102 valence electrons. The minimum atomic E-state index is -3.82. The Morgan fingerprint density at radius 1 is 1.32 bits per heavy atom. The van der Waals surface area contributed by atoms with Gasteiger partial charge in [0.1, 0.15) is 4.90 Å². The molecule has 2 heterocycles. The van der Waals surface area contributed by atoms with E-state index in [-0.39, 0.29) is 10.5 Å². The van der Waals surface area contributed by atoms with E-state index in [4.69, 9.17) is 0 Å². The highest BCUT2D eigenvalue weighted by Crippen LogP contribution is 2.25. The first-order valence-corrected chi connectivity index (χ1v) is 8.50. The van der Waals surface area contributed by atoms with E-state index < -0.39 is 15.9 Å². The van der Waals surface area contributed by atoms with E-state index in [2.05, 4.69) is 9.10 Å². The molecular formula is C11H12N2O3S3. The zero-order chi connectivity index (χ0) is 14.2. The largest absolute Gasteiger partial charge is 0.268 e. The van der Waals surface area contributed by atoms with Crippen LogP contribution in [0, 0.1) is 20.8 Å². The molecule has 0 aliphatic heterocycles. The fourth-order valence-electron chi connectivity index (χ4n) is 1.62. The van der Waals surface area contributed by atoms with Crippen LogP contribution in [0.2, 0.25) is 0 Å². The van der Waals surface area contributed by atoms with E-state index in [1.807, 2.05) is 6.92 Å². The number of rotatable bonds is 3. The summed E-state index contributed by atoms with van der Waals surface area (Å²) in [6, 6.07) is 1.56. The molecule has 0 saturated heterocycles. The van der Waals surface area contributed by atoms with Crippen molar-refractivity contribution in [1.82, 2.24) is 9.10 Å². The van der Waals surface area contributed by atoms with Crippen molar-refractivity contribution in [1.29, 1.82) is 0 Å². The first-order valence-electron chi connectivity index (χ1n) is 5.36. The van der Waals surface area contributed by atoms with Crippen molar-refractivity contribution in [2.24, 2.45) is 0 Å². The number of aromatic nitrogens is 1. The van der Waals surface area contributed by atoms with Gasteiger partial charge in [-0.25, -0.2) is 13.1 Å². The van der Waals surface area contributed by atoms with Crippen LogP contribution in [0.25, 0.3) is 0 Å². The van der Waals surface area contributed by atoms with E-state index in [1.165, 1.54) is 16.7 Å². The summed E-state index contributed by atoms with van der Waals surface area (Å²) in [6.07, 6.45) is 0. The number of aryl methyl sites for hydroxylation is 3. The van der Waals surface area contributed by atoms with Crippen LogP contribution in [-0.2, 0) is 10.0 Å². The summed E-state index contributed by atoms with van der Waals surface area (Å²) >= 11 is 2.50. The molecule has 0 aliphatic rings. The molecule has 0 aromatic carbocycles. The lowest BCUT2D eigenvalue weighted by Gasteiger charge is -2.05. The smallest absolute Gasteiger partial charge is 0.267 e. The van der Waals surface area contributed by atoms with Gasteiger partial charge in [-0.1, -0.05) is 0 Å². The Balaban J connectivity index is 2.30. The molecule has 0 saturated carbocycles. The molecule has 0 radical (unpaired) electrons. The van der Waals surface area contributed by atoms with Gasteiger partial charge in [-0.05, 0) is 38.4 Å². The molecule has 2 aromatic rings. The molecule has 0 atom stereocenters. The molecule has 0 bridgehead atoms. The van der Waals surface area contributed by atoms with Crippen molar-refractivity contribution < 1.29 is 13.2 Å². The molecule has 19 heavy (non-hydrogen) atoms. The van der Waals surface area contributed by atoms with Crippen LogP contribution in [0.4, 0.5) is 0 Å². The standard InChI is InChI=1S/C11H12N2O3S3/c1-6-4-10(8(3)18-6)19(15,16)13-11(14)9-5-17-12-7(9)2/h4-5H,1-3H3,(H,13,14). The fourth-order valence-corrected chi connectivity index (χ4v) is 4.83. The summed E-state index contributed by atoms with van der Waals surface area (Å²) in [5, 5.41) is 1.53. The number of hydrogen-bond acceptors (Lipinski definition) is 6. The number of hydrogen-bond donors (Lipinski definition) is 1. The van der Waals surface area contributed by atoms with Crippen molar-refractivity contribution in [2.75, 3.05) is 0 Å². The van der Waals surface area contributed by atoms with Crippen molar-refractivity contribution >= 4 is 38.8 Å². The topological polar surface area (TPSA) is 76.1 Å². The van der Waals surface area contributed by atoms with Gasteiger partial charge < -0.3 is 0 Å². The molecule has 8 heteroatoms. The van der Waals surface area contributed by atoms with Gasteiger partial charge in [0.05, 0.1) is 11.3 Å². The predicted molar refractivity (Wildman–Crippen MR) is 75.3 cm³/mol. The molecule has 5 nitrogen and oxygen atoms in total. The van der Waals surface area contributed by atoms with Gasteiger partial charge >= 0.3 is 0 Å². The normalized spacial score (nSPS) is 11.5. The van der Waals surface area contributed by atoms with E-state index in [0.717, 1.165) is 16.4 Å². The van der Waals surface area contributed by atoms with Crippen LogP contribution in [0.1, 0.15) is 25.8 Å². The maximum Gasteiger partial charge on any atom is 0.267 e.